The molecule has 3 aromatic rings. The van der Waals surface area contributed by atoms with Crippen LogP contribution in [0.4, 0.5) is 5.69 Å². The summed E-state index contributed by atoms with van der Waals surface area (Å²) in [6, 6.07) is 18.4. The molecule has 4 nitrogen and oxygen atoms in total. The topological polar surface area (TPSA) is 47.6 Å². The van der Waals surface area contributed by atoms with Gasteiger partial charge in [0.15, 0.2) is 11.5 Å². The predicted molar refractivity (Wildman–Crippen MR) is 126 cm³/mol. The lowest BCUT2D eigenvalue weighted by Crippen LogP contribution is -2.07. The second kappa shape index (κ2) is 10.5. The third kappa shape index (κ3) is 6.02. The van der Waals surface area contributed by atoms with Crippen LogP contribution in [-0.2, 0) is 11.4 Å². The Bertz CT molecular complexity index is 1070. The van der Waals surface area contributed by atoms with Gasteiger partial charge in [-0.3, -0.25) is 4.79 Å². The van der Waals surface area contributed by atoms with Gasteiger partial charge >= 0.3 is 0 Å². The number of nitrogens with one attached hydrogen (secondary N) is 1. The van der Waals surface area contributed by atoms with Crippen LogP contribution in [0.5, 0.6) is 11.5 Å². The molecule has 3 aromatic carbocycles. The Hall–Kier alpha value is -2.47. The monoisotopic (exact) mass is 505 g/mol. The molecule has 0 aliphatic heterocycles. The number of rotatable bonds is 7. The van der Waals surface area contributed by atoms with Crippen LogP contribution in [0.15, 0.2) is 71.2 Å². The average Bonchev–Trinajstić information content (AvgIpc) is 2.74. The van der Waals surface area contributed by atoms with Gasteiger partial charge in [-0.15, -0.1) is 0 Å². The van der Waals surface area contributed by atoms with Crippen molar-refractivity contribution in [3.63, 3.8) is 0 Å². The van der Waals surface area contributed by atoms with Gasteiger partial charge in [-0.25, -0.2) is 0 Å². The van der Waals surface area contributed by atoms with E-state index in [2.05, 4.69) is 21.2 Å². The molecule has 154 valence electrons. The molecule has 0 fully saturated rings. The number of anilines is 1. The maximum Gasteiger partial charge on any atom is 0.248 e. The molecule has 1 amide bonds. The standard InChI is InChI=1S/C23H18BrCl2NO3/c1-29-21-12-16(7-10-22(28)27-17-8-9-19(25)20(26)13-17)11-18(24)23(21)30-14-15-5-3-2-4-6-15/h2-13H,14H2,1H3,(H,27,28). The average molecular weight is 507 g/mol. The zero-order chi connectivity index (χ0) is 21.5. The Morgan fingerprint density at radius 2 is 1.83 bits per heavy atom. The molecule has 0 aromatic heterocycles. The van der Waals surface area contributed by atoms with Crippen molar-refractivity contribution in [3.8, 4) is 11.5 Å². The van der Waals surface area contributed by atoms with E-state index in [1.165, 1.54) is 6.08 Å². The minimum atomic E-state index is -0.298. The SMILES string of the molecule is COc1cc(C=CC(=O)Nc2ccc(Cl)c(Cl)c2)cc(Br)c1OCc1ccccc1. The smallest absolute Gasteiger partial charge is 0.248 e. The van der Waals surface area contributed by atoms with Crippen LogP contribution < -0.4 is 14.8 Å². The van der Waals surface area contributed by atoms with Crippen LogP contribution in [0.3, 0.4) is 0 Å². The Labute approximate surface area is 193 Å². The molecular weight excluding hydrogens is 489 g/mol. The summed E-state index contributed by atoms with van der Waals surface area (Å²) in [7, 11) is 1.57. The molecule has 0 saturated heterocycles. The minimum absolute atomic E-state index is 0.298. The molecular formula is C23H18BrCl2NO3. The number of carbonyl (C=O) groups excluding carboxylic acids is 1. The van der Waals surface area contributed by atoms with E-state index >= 15 is 0 Å². The van der Waals surface area contributed by atoms with Gasteiger partial charge in [-0.2, -0.15) is 0 Å². The van der Waals surface area contributed by atoms with E-state index in [4.69, 9.17) is 32.7 Å². The van der Waals surface area contributed by atoms with Crippen molar-refractivity contribution in [2.24, 2.45) is 0 Å². The lowest BCUT2D eigenvalue weighted by molar-refractivity contribution is -0.111. The number of amides is 1. The maximum absolute atomic E-state index is 12.2. The Morgan fingerprint density at radius 3 is 2.53 bits per heavy atom. The molecule has 3 rings (SSSR count). The first-order chi connectivity index (χ1) is 14.5. The van der Waals surface area contributed by atoms with E-state index in [-0.39, 0.29) is 5.91 Å². The molecule has 30 heavy (non-hydrogen) atoms. The Morgan fingerprint density at radius 1 is 1.07 bits per heavy atom. The number of carbonyl (C=O) groups is 1. The number of methoxy groups -OCH3 is 1. The lowest BCUT2D eigenvalue weighted by atomic mass is 10.2. The molecule has 0 saturated carbocycles. The van der Waals surface area contributed by atoms with Crippen molar-refractivity contribution >= 4 is 56.8 Å². The van der Waals surface area contributed by atoms with Crippen molar-refractivity contribution in [3.05, 3.63) is 92.4 Å². The fourth-order valence-corrected chi connectivity index (χ4v) is 3.51. The molecule has 0 radical (unpaired) electrons. The molecule has 0 aliphatic carbocycles. The summed E-state index contributed by atoms with van der Waals surface area (Å²) in [4.78, 5) is 12.2. The predicted octanol–water partition coefficient (Wildman–Crippen LogP) is 7.00. The Balaban J connectivity index is 1.70. The van der Waals surface area contributed by atoms with Crippen LogP contribution in [0.25, 0.3) is 6.08 Å². The van der Waals surface area contributed by atoms with Gasteiger partial charge in [0.1, 0.15) is 6.61 Å². The van der Waals surface area contributed by atoms with Gasteiger partial charge in [-0.1, -0.05) is 53.5 Å². The minimum Gasteiger partial charge on any atom is -0.493 e. The van der Waals surface area contributed by atoms with E-state index in [9.17, 15) is 4.79 Å². The largest absolute Gasteiger partial charge is 0.493 e. The van der Waals surface area contributed by atoms with Crippen LogP contribution >= 0.6 is 39.1 Å². The Kier molecular flexibility index (Phi) is 7.80. The fraction of sp³-hybridized carbons (Fsp3) is 0.0870. The number of hydrogen-bond acceptors (Lipinski definition) is 3. The summed E-state index contributed by atoms with van der Waals surface area (Å²) in [5.74, 6) is 0.858. The van der Waals surface area contributed by atoms with Crippen LogP contribution in [-0.4, -0.2) is 13.0 Å². The zero-order valence-electron chi connectivity index (χ0n) is 16.0. The second-order valence-electron chi connectivity index (χ2n) is 6.26. The van der Waals surface area contributed by atoms with E-state index in [1.54, 1.807) is 37.5 Å². The van der Waals surface area contributed by atoms with Crippen molar-refractivity contribution in [2.75, 3.05) is 12.4 Å². The number of hydrogen-bond donors (Lipinski definition) is 1. The lowest BCUT2D eigenvalue weighted by Gasteiger charge is -2.13. The molecule has 0 bridgehead atoms. The van der Waals surface area contributed by atoms with Crippen molar-refractivity contribution < 1.29 is 14.3 Å². The molecule has 0 aliphatic rings. The van der Waals surface area contributed by atoms with Crippen molar-refractivity contribution in [1.29, 1.82) is 0 Å². The van der Waals surface area contributed by atoms with Gasteiger partial charge in [0.2, 0.25) is 5.91 Å². The van der Waals surface area contributed by atoms with Crippen molar-refractivity contribution in [1.82, 2.24) is 0 Å². The highest BCUT2D eigenvalue weighted by Crippen LogP contribution is 2.37. The molecule has 0 heterocycles. The first kappa shape index (κ1) is 22.2. The molecule has 1 N–H and O–H groups in total. The van der Waals surface area contributed by atoms with Gasteiger partial charge < -0.3 is 14.8 Å². The van der Waals surface area contributed by atoms with E-state index in [0.717, 1.165) is 15.6 Å². The normalized spacial score (nSPS) is 10.8. The molecule has 7 heteroatoms. The van der Waals surface area contributed by atoms with Gasteiger partial charge in [0.25, 0.3) is 0 Å². The number of halogens is 3. The van der Waals surface area contributed by atoms with Gasteiger partial charge in [0.05, 0.1) is 21.6 Å². The summed E-state index contributed by atoms with van der Waals surface area (Å²) in [6.45, 7) is 0.414. The fourth-order valence-electron chi connectivity index (χ4n) is 2.64. The van der Waals surface area contributed by atoms with E-state index in [0.29, 0.717) is 33.8 Å². The summed E-state index contributed by atoms with van der Waals surface area (Å²) in [5.41, 5.74) is 2.38. The quantitative estimate of drug-likeness (QED) is 0.351. The van der Waals surface area contributed by atoms with Crippen LogP contribution in [0.1, 0.15) is 11.1 Å². The van der Waals surface area contributed by atoms with Crippen LogP contribution in [0, 0.1) is 0 Å². The van der Waals surface area contributed by atoms with E-state index in [1.807, 2.05) is 36.4 Å². The highest BCUT2D eigenvalue weighted by atomic mass is 79.9. The van der Waals surface area contributed by atoms with Gasteiger partial charge in [-0.05, 0) is 63.5 Å². The first-order valence-corrected chi connectivity index (χ1v) is 10.5. The third-order valence-corrected chi connectivity index (χ3v) is 5.42. The summed E-state index contributed by atoms with van der Waals surface area (Å²) < 4.78 is 12.1. The van der Waals surface area contributed by atoms with E-state index < -0.39 is 0 Å². The number of benzene rings is 3. The molecule has 0 unspecified atom stereocenters. The van der Waals surface area contributed by atoms with Crippen molar-refractivity contribution in [2.45, 2.75) is 6.61 Å². The second-order valence-corrected chi connectivity index (χ2v) is 7.93. The highest BCUT2D eigenvalue weighted by molar-refractivity contribution is 9.10. The molecule has 0 atom stereocenters. The van der Waals surface area contributed by atoms with Crippen LogP contribution in [0.2, 0.25) is 10.0 Å². The first-order valence-electron chi connectivity index (χ1n) is 8.94. The summed E-state index contributed by atoms with van der Waals surface area (Å²) in [6.07, 6.45) is 3.11. The molecule has 0 spiro atoms. The highest BCUT2D eigenvalue weighted by Gasteiger charge is 2.11. The zero-order valence-corrected chi connectivity index (χ0v) is 19.1. The summed E-state index contributed by atoms with van der Waals surface area (Å²) in [5, 5.41) is 3.54. The van der Waals surface area contributed by atoms with Gasteiger partial charge in [0, 0.05) is 11.8 Å². The summed E-state index contributed by atoms with van der Waals surface area (Å²) >= 11 is 15.4. The number of ether oxygens (including phenoxy) is 2. The third-order valence-electron chi connectivity index (χ3n) is 4.09. The maximum atomic E-state index is 12.2.